The number of carbonyl (C=O) groups excluding carboxylic acids is 1. The third-order valence-electron chi connectivity index (χ3n) is 3.95. The largest absolute Gasteiger partial charge is 0.465 e. The Bertz CT molecular complexity index is 270. The maximum atomic E-state index is 11.5. The molecule has 0 spiro atoms. The van der Waals surface area contributed by atoms with Gasteiger partial charge in [-0.15, -0.1) is 0 Å². The fraction of sp³-hybridized carbons (Fsp3) is 0.923. The van der Waals surface area contributed by atoms with Crippen molar-refractivity contribution in [2.45, 2.75) is 57.7 Å². The second-order valence-electron chi connectivity index (χ2n) is 5.19. The average molecular weight is 240 g/mol. The van der Waals surface area contributed by atoms with Crippen LogP contribution >= 0.6 is 0 Å². The summed E-state index contributed by atoms with van der Waals surface area (Å²) in [7, 11) is 0. The van der Waals surface area contributed by atoms with Crippen molar-refractivity contribution in [2.75, 3.05) is 19.7 Å². The highest BCUT2D eigenvalue weighted by molar-refractivity contribution is 5.75. The van der Waals surface area contributed by atoms with E-state index in [0.717, 1.165) is 12.5 Å². The van der Waals surface area contributed by atoms with Crippen LogP contribution in [0.15, 0.2) is 0 Å². The SMILES string of the molecule is CCOC(=O)C(C)NC1CCN2CCCC2C1. The maximum Gasteiger partial charge on any atom is 0.322 e. The minimum absolute atomic E-state index is 0.124. The number of nitrogens with one attached hydrogen (secondary N) is 1. The molecule has 0 aromatic rings. The molecule has 2 fully saturated rings. The summed E-state index contributed by atoms with van der Waals surface area (Å²) in [6.45, 7) is 6.66. The van der Waals surface area contributed by atoms with Crippen molar-refractivity contribution < 1.29 is 9.53 Å². The van der Waals surface area contributed by atoms with Gasteiger partial charge in [0.1, 0.15) is 6.04 Å². The number of piperidine rings is 1. The van der Waals surface area contributed by atoms with Gasteiger partial charge >= 0.3 is 5.97 Å². The third kappa shape index (κ3) is 3.19. The molecule has 2 aliphatic rings. The van der Waals surface area contributed by atoms with Gasteiger partial charge in [-0.3, -0.25) is 4.79 Å². The molecule has 0 aromatic heterocycles. The van der Waals surface area contributed by atoms with E-state index in [-0.39, 0.29) is 12.0 Å². The van der Waals surface area contributed by atoms with E-state index in [1.807, 2.05) is 13.8 Å². The van der Waals surface area contributed by atoms with Crippen LogP contribution in [0.3, 0.4) is 0 Å². The van der Waals surface area contributed by atoms with Gasteiger partial charge in [0.05, 0.1) is 6.61 Å². The Morgan fingerprint density at radius 2 is 2.29 bits per heavy atom. The van der Waals surface area contributed by atoms with Crippen molar-refractivity contribution in [3.8, 4) is 0 Å². The fourth-order valence-corrected chi connectivity index (χ4v) is 3.06. The van der Waals surface area contributed by atoms with Crippen LogP contribution in [-0.2, 0) is 9.53 Å². The first-order valence-electron chi connectivity index (χ1n) is 6.87. The van der Waals surface area contributed by atoms with Crippen LogP contribution < -0.4 is 5.32 Å². The molecule has 98 valence electrons. The van der Waals surface area contributed by atoms with Gasteiger partial charge in [-0.1, -0.05) is 0 Å². The van der Waals surface area contributed by atoms with E-state index in [4.69, 9.17) is 4.74 Å². The van der Waals surface area contributed by atoms with Gasteiger partial charge < -0.3 is 15.0 Å². The third-order valence-corrected chi connectivity index (χ3v) is 3.95. The summed E-state index contributed by atoms with van der Waals surface area (Å²) in [5.74, 6) is -0.124. The van der Waals surface area contributed by atoms with Gasteiger partial charge in [0.15, 0.2) is 0 Å². The molecular weight excluding hydrogens is 216 g/mol. The smallest absolute Gasteiger partial charge is 0.322 e. The number of hydrogen-bond acceptors (Lipinski definition) is 4. The van der Waals surface area contributed by atoms with Crippen molar-refractivity contribution in [1.29, 1.82) is 0 Å². The predicted octanol–water partition coefficient (Wildman–Crippen LogP) is 1.15. The van der Waals surface area contributed by atoms with E-state index in [9.17, 15) is 4.79 Å². The van der Waals surface area contributed by atoms with E-state index < -0.39 is 0 Å². The molecular formula is C13H24N2O2. The van der Waals surface area contributed by atoms with Crippen molar-refractivity contribution in [3.05, 3.63) is 0 Å². The first-order chi connectivity index (χ1) is 8.20. The summed E-state index contributed by atoms with van der Waals surface area (Å²) in [5, 5.41) is 3.41. The van der Waals surface area contributed by atoms with Gasteiger partial charge in [-0.25, -0.2) is 0 Å². The number of fused-ring (bicyclic) bond motifs is 1. The Balaban J connectivity index is 1.77. The summed E-state index contributed by atoms with van der Waals surface area (Å²) in [6.07, 6.45) is 5.00. The normalized spacial score (nSPS) is 30.9. The first-order valence-corrected chi connectivity index (χ1v) is 6.87. The molecule has 4 nitrogen and oxygen atoms in total. The minimum Gasteiger partial charge on any atom is -0.465 e. The van der Waals surface area contributed by atoms with Crippen LogP contribution in [0.1, 0.15) is 39.5 Å². The van der Waals surface area contributed by atoms with Crippen LogP contribution in [0.2, 0.25) is 0 Å². The van der Waals surface area contributed by atoms with E-state index in [2.05, 4.69) is 10.2 Å². The lowest BCUT2D eigenvalue weighted by Crippen LogP contribution is -2.50. The Labute approximate surface area is 104 Å². The van der Waals surface area contributed by atoms with Gasteiger partial charge in [-0.05, 0) is 52.6 Å². The van der Waals surface area contributed by atoms with Crippen molar-refractivity contribution in [2.24, 2.45) is 0 Å². The second-order valence-corrected chi connectivity index (χ2v) is 5.19. The number of esters is 1. The van der Waals surface area contributed by atoms with Gasteiger partial charge in [-0.2, -0.15) is 0 Å². The molecule has 0 bridgehead atoms. The molecule has 0 aliphatic carbocycles. The molecule has 17 heavy (non-hydrogen) atoms. The second kappa shape index (κ2) is 5.83. The minimum atomic E-state index is -0.173. The quantitative estimate of drug-likeness (QED) is 0.749. The zero-order valence-electron chi connectivity index (χ0n) is 10.9. The number of rotatable bonds is 4. The first kappa shape index (κ1) is 12.8. The van der Waals surface area contributed by atoms with Crippen LogP contribution in [0.4, 0.5) is 0 Å². The molecule has 0 saturated carbocycles. The van der Waals surface area contributed by atoms with E-state index >= 15 is 0 Å². The molecule has 0 radical (unpaired) electrons. The Morgan fingerprint density at radius 3 is 3.06 bits per heavy atom. The molecule has 2 aliphatic heterocycles. The lowest BCUT2D eigenvalue weighted by Gasteiger charge is -2.36. The summed E-state index contributed by atoms with van der Waals surface area (Å²) < 4.78 is 5.02. The zero-order chi connectivity index (χ0) is 12.3. The summed E-state index contributed by atoms with van der Waals surface area (Å²) in [5.41, 5.74) is 0. The summed E-state index contributed by atoms with van der Waals surface area (Å²) >= 11 is 0. The molecule has 3 atom stereocenters. The number of carbonyl (C=O) groups is 1. The highest BCUT2D eigenvalue weighted by Crippen LogP contribution is 2.26. The molecule has 0 aromatic carbocycles. The van der Waals surface area contributed by atoms with Gasteiger partial charge in [0.2, 0.25) is 0 Å². The summed E-state index contributed by atoms with van der Waals surface area (Å²) in [6, 6.07) is 1.05. The lowest BCUT2D eigenvalue weighted by atomic mass is 9.97. The predicted molar refractivity (Wildman–Crippen MR) is 66.8 cm³/mol. The van der Waals surface area contributed by atoms with Crippen LogP contribution in [0.25, 0.3) is 0 Å². The molecule has 4 heteroatoms. The molecule has 3 unspecified atom stereocenters. The molecule has 2 heterocycles. The van der Waals surface area contributed by atoms with Gasteiger partial charge in [0, 0.05) is 12.1 Å². The lowest BCUT2D eigenvalue weighted by molar-refractivity contribution is -0.145. The van der Waals surface area contributed by atoms with E-state index in [1.165, 1.54) is 32.4 Å². The van der Waals surface area contributed by atoms with Gasteiger partial charge in [0.25, 0.3) is 0 Å². The fourth-order valence-electron chi connectivity index (χ4n) is 3.06. The summed E-state index contributed by atoms with van der Waals surface area (Å²) in [4.78, 5) is 14.1. The van der Waals surface area contributed by atoms with Crippen molar-refractivity contribution in [3.63, 3.8) is 0 Å². The van der Waals surface area contributed by atoms with Crippen molar-refractivity contribution in [1.82, 2.24) is 10.2 Å². The monoisotopic (exact) mass is 240 g/mol. The van der Waals surface area contributed by atoms with E-state index in [0.29, 0.717) is 12.6 Å². The maximum absolute atomic E-state index is 11.5. The zero-order valence-corrected chi connectivity index (χ0v) is 10.9. The number of nitrogens with zero attached hydrogens (tertiary/aromatic N) is 1. The Hall–Kier alpha value is -0.610. The number of ether oxygens (including phenoxy) is 1. The van der Waals surface area contributed by atoms with Crippen LogP contribution in [0.5, 0.6) is 0 Å². The Kier molecular flexibility index (Phi) is 4.40. The molecule has 1 N–H and O–H groups in total. The highest BCUT2D eigenvalue weighted by atomic mass is 16.5. The topological polar surface area (TPSA) is 41.6 Å². The van der Waals surface area contributed by atoms with Crippen molar-refractivity contribution >= 4 is 5.97 Å². The Morgan fingerprint density at radius 1 is 1.47 bits per heavy atom. The molecule has 0 amide bonds. The van der Waals surface area contributed by atoms with Crippen LogP contribution in [0, 0.1) is 0 Å². The standard InChI is InChI=1S/C13H24N2O2/c1-3-17-13(16)10(2)14-11-6-8-15-7-4-5-12(15)9-11/h10-12,14H,3-9H2,1-2H3. The average Bonchev–Trinajstić information content (AvgIpc) is 2.76. The molecule has 2 rings (SSSR count). The number of hydrogen-bond donors (Lipinski definition) is 1. The van der Waals surface area contributed by atoms with Crippen LogP contribution in [-0.4, -0.2) is 48.7 Å². The molecule has 2 saturated heterocycles. The highest BCUT2D eigenvalue weighted by Gasteiger charge is 2.32. The van der Waals surface area contributed by atoms with E-state index in [1.54, 1.807) is 0 Å².